The summed E-state index contributed by atoms with van der Waals surface area (Å²) in [6, 6.07) is 6.97. The standard InChI is InChI=1S/C18H30N2O/c1-5-10-20-11-8-16(9-12-20)19-18-7-6-17(13-15(18)4)21-14(2)3/h6-7,13-14,16,19H,5,8-12H2,1-4H3. The molecule has 1 heterocycles. The third-order valence-corrected chi connectivity index (χ3v) is 4.06. The Morgan fingerprint density at radius 3 is 2.57 bits per heavy atom. The second kappa shape index (κ2) is 7.69. The Morgan fingerprint density at radius 2 is 2.00 bits per heavy atom. The largest absolute Gasteiger partial charge is 0.491 e. The van der Waals surface area contributed by atoms with Crippen LogP contribution in [-0.2, 0) is 0 Å². The zero-order valence-corrected chi connectivity index (χ0v) is 14.0. The van der Waals surface area contributed by atoms with Crippen molar-refractivity contribution in [2.75, 3.05) is 25.0 Å². The molecule has 0 spiro atoms. The first-order chi connectivity index (χ1) is 10.1. The summed E-state index contributed by atoms with van der Waals surface area (Å²) in [7, 11) is 0. The quantitative estimate of drug-likeness (QED) is 0.854. The molecule has 0 amide bonds. The van der Waals surface area contributed by atoms with Gasteiger partial charge >= 0.3 is 0 Å². The van der Waals surface area contributed by atoms with E-state index in [1.165, 1.54) is 50.1 Å². The highest BCUT2D eigenvalue weighted by atomic mass is 16.5. The summed E-state index contributed by atoms with van der Waals surface area (Å²) in [5, 5.41) is 3.71. The van der Waals surface area contributed by atoms with Crippen LogP contribution >= 0.6 is 0 Å². The molecule has 0 unspecified atom stereocenters. The molecule has 1 aromatic rings. The Balaban J connectivity index is 1.89. The van der Waals surface area contributed by atoms with Crippen molar-refractivity contribution >= 4 is 5.69 Å². The molecule has 2 rings (SSSR count). The van der Waals surface area contributed by atoms with E-state index in [1.807, 2.05) is 0 Å². The first-order valence-corrected chi connectivity index (χ1v) is 8.34. The summed E-state index contributed by atoms with van der Waals surface area (Å²) in [5.41, 5.74) is 2.52. The fraction of sp³-hybridized carbons (Fsp3) is 0.667. The summed E-state index contributed by atoms with van der Waals surface area (Å²) in [4.78, 5) is 2.57. The summed E-state index contributed by atoms with van der Waals surface area (Å²) < 4.78 is 5.75. The maximum Gasteiger partial charge on any atom is 0.120 e. The van der Waals surface area contributed by atoms with Crippen molar-refractivity contribution in [1.82, 2.24) is 4.90 Å². The molecule has 0 aliphatic carbocycles. The van der Waals surface area contributed by atoms with Crippen molar-refractivity contribution in [1.29, 1.82) is 0 Å². The number of nitrogens with zero attached hydrogens (tertiary/aromatic N) is 1. The molecule has 3 heteroatoms. The van der Waals surface area contributed by atoms with E-state index in [2.05, 4.69) is 56.1 Å². The lowest BCUT2D eigenvalue weighted by molar-refractivity contribution is 0.219. The molecule has 1 saturated heterocycles. The van der Waals surface area contributed by atoms with Gasteiger partial charge in [-0.15, -0.1) is 0 Å². The van der Waals surface area contributed by atoms with E-state index in [0.717, 1.165) is 5.75 Å². The van der Waals surface area contributed by atoms with Gasteiger partial charge in [0.05, 0.1) is 6.10 Å². The monoisotopic (exact) mass is 290 g/mol. The molecule has 1 N–H and O–H groups in total. The third-order valence-electron chi connectivity index (χ3n) is 4.06. The van der Waals surface area contributed by atoms with Gasteiger partial charge in [-0.1, -0.05) is 6.92 Å². The van der Waals surface area contributed by atoms with Crippen molar-refractivity contribution < 1.29 is 4.74 Å². The molecular weight excluding hydrogens is 260 g/mol. The van der Waals surface area contributed by atoms with Crippen LogP contribution in [0.25, 0.3) is 0 Å². The van der Waals surface area contributed by atoms with E-state index in [-0.39, 0.29) is 6.10 Å². The second-order valence-electron chi connectivity index (χ2n) is 6.40. The Labute approximate surface area is 129 Å². The number of nitrogens with one attached hydrogen (secondary N) is 1. The molecule has 0 radical (unpaired) electrons. The van der Waals surface area contributed by atoms with Gasteiger partial charge in [0.1, 0.15) is 5.75 Å². The number of hydrogen-bond acceptors (Lipinski definition) is 3. The number of anilines is 1. The summed E-state index contributed by atoms with van der Waals surface area (Å²) in [6.07, 6.45) is 3.97. The highest BCUT2D eigenvalue weighted by Crippen LogP contribution is 2.24. The lowest BCUT2D eigenvalue weighted by Crippen LogP contribution is -2.39. The topological polar surface area (TPSA) is 24.5 Å². The Morgan fingerprint density at radius 1 is 1.29 bits per heavy atom. The minimum absolute atomic E-state index is 0.228. The number of aryl methyl sites for hydroxylation is 1. The maximum absolute atomic E-state index is 5.75. The van der Waals surface area contributed by atoms with Gasteiger partial charge in [-0.05, 0) is 70.3 Å². The Kier molecular flexibility index (Phi) is 5.92. The molecule has 1 aliphatic rings. The van der Waals surface area contributed by atoms with Crippen LogP contribution in [0.2, 0.25) is 0 Å². The van der Waals surface area contributed by atoms with Crippen molar-refractivity contribution in [3.63, 3.8) is 0 Å². The highest BCUT2D eigenvalue weighted by molar-refractivity contribution is 5.54. The fourth-order valence-electron chi connectivity index (χ4n) is 2.98. The predicted octanol–water partition coefficient (Wildman–Crippen LogP) is 4.07. The number of ether oxygens (including phenoxy) is 1. The van der Waals surface area contributed by atoms with Gasteiger partial charge in [0, 0.05) is 24.8 Å². The van der Waals surface area contributed by atoms with E-state index in [0.29, 0.717) is 6.04 Å². The van der Waals surface area contributed by atoms with Crippen LogP contribution in [0.3, 0.4) is 0 Å². The van der Waals surface area contributed by atoms with Gasteiger partial charge in [-0.2, -0.15) is 0 Å². The smallest absolute Gasteiger partial charge is 0.120 e. The van der Waals surface area contributed by atoms with Crippen LogP contribution in [0, 0.1) is 6.92 Å². The molecule has 3 nitrogen and oxygen atoms in total. The summed E-state index contributed by atoms with van der Waals surface area (Å²) >= 11 is 0. The van der Waals surface area contributed by atoms with E-state index in [1.54, 1.807) is 0 Å². The molecule has 1 fully saturated rings. The second-order valence-corrected chi connectivity index (χ2v) is 6.40. The van der Waals surface area contributed by atoms with Gasteiger partial charge in [0.15, 0.2) is 0 Å². The van der Waals surface area contributed by atoms with E-state index >= 15 is 0 Å². The molecule has 118 valence electrons. The molecular formula is C18H30N2O. The van der Waals surface area contributed by atoms with Gasteiger partial charge < -0.3 is 15.0 Å². The highest BCUT2D eigenvalue weighted by Gasteiger charge is 2.18. The fourth-order valence-corrected chi connectivity index (χ4v) is 2.98. The van der Waals surface area contributed by atoms with Crippen LogP contribution in [0.15, 0.2) is 18.2 Å². The van der Waals surface area contributed by atoms with Gasteiger partial charge in [-0.3, -0.25) is 0 Å². The van der Waals surface area contributed by atoms with Gasteiger partial charge in [-0.25, -0.2) is 0 Å². The lowest BCUT2D eigenvalue weighted by atomic mass is 10.0. The first kappa shape index (κ1) is 16.2. The Hall–Kier alpha value is -1.22. The number of piperidine rings is 1. The average Bonchev–Trinajstić information content (AvgIpc) is 2.43. The number of likely N-dealkylation sites (tertiary alicyclic amines) is 1. The molecule has 1 aliphatic heterocycles. The number of rotatable bonds is 6. The molecule has 0 aromatic heterocycles. The zero-order valence-electron chi connectivity index (χ0n) is 14.0. The van der Waals surface area contributed by atoms with Crippen LogP contribution < -0.4 is 10.1 Å². The number of hydrogen-bond donors (Lipinski definition) is 1. The molecule has 21 heavy (non-hydrogen) atoms. The van der Waals surface area contributed by atoms with Crippen molar-refractivity contribution in [2.24, 2.45) is 0 Å². The molecule has 1 aromatic carbocycles. The van der Waals surface area contributed by atoms with Crippen molar-refractivity contribution in [3.8, 4) is 5.75 Å². The normalized spacial score (nSPS) is 17.2. The van der Waals surface area contributed by atoms with Crippen LogP contribution in [0.5, 0.6) is 5.75 Å². The van der Waals surface area contributed by atoms with E-state index in [9.17, 15) is 0 Å². The summed E-state index contributed by atoms with van der Waals surface area (Å²) in [6.45, 7) is 12.2. The number of benzene rings is 1. The Bertz CT molecular complexity index is 437. The minimum atomic E-state index is 0.228. The third kappa shape index (κ3) is 4.92. The van der Waals surface area contributed by atoms with Crippen LogP contribution in [0.4, 0.5) is 5.69 Å². The van der Waals surface area contributed by atoms with Crippen molar-refractivity contribution in [3.05, 3.63) is 23.8 Å². The van der Waals surface area contributed by atoms with Crippen molar-refractivity contribution in [2.45, 2.75) is 59.1 Å². The maximum atomic E-state index is 5.75. The van der Waals surface area contributed by atoms with E-state index < -0.39 is 0 Å². The predicted molar refractivity (Wildman–Crippen MR) is 90.3 cm³/mol. The van der Waals surface area contributed by atoms with Gasteiger partial charge in [0.25, 0.3) is 0 Å². The van der Waals surface area contributed by atoms with E-state index in [4.69, 9.17) is 4.74 Å². The van der Waals surface area contributed by atoms with Gasteiger partial charge in [0.2, 0.25) is 0 Å². The summed E-state index contributed by atoms with van der Waals surface area (Å²) in [5.74, 6) is 0.964. The average molecular weight is 290 g/mol. The molecule has 0 atom stereocenters. The zero-order chi connectivity index (χ0) is 15.2. The minimum Gasteiger partial charge on any atom is -0.491 e. The first-order valence-electron chi connectivity index (χ1n) is 8.34. The van der Waals surface area contributed by atoms with Crippen LogP contribution in [-0.4, -0.2) is 36.7 Å². The van der Waals surface area contributed by atoms with Crippen LogP contribution in [0.1, 0.15) is 45.6 Å². The molecule has 0 bridgehead atoms. The lowest BCUT2D eigenvalue weighted by Gasteiger charge is -2.33. The SMILES string of the molecule is CCCN1CCC(Nc2ccc(OC(C)C)cc2C)CC1. The molecule has 0 saturated carbocycles.